The second-order valence-corrected chi connectivity index (χ2v) is 10.6. The van der Waals surface area contributed by atoms with E-state index in [1.807, 2.05) is 42.0 Å². The number of hydrogen-bond donors (Lipinski definition) is 0. The largest absolute Gasteiger partial charge is 0.493 e. The third-order valence-electron chi connectivity index (χ3n) is 8.06. The Morgan fingerprint density at radius 1 is 0.917 bits per heavy atom. The number of amides is 2. The number of para-hydroxylation sites is 1. The van der Waals surface area contributed by atoms with Crippen LogP contribution >= 0.6 is 0 Å². The zero-order valence-corrected chi connectivity index (χ0v) is 21.9. The van der Waals surface area contributed by atoms with Crippen LogP contribution in [0.25, 0.3) is 0 Å². The first-order valence-corrected chi connectivity index (χ1v) is 13.2. The number of likely N-dealkylation sites (tertiary alicyclic amines) is 1. The van der Waals surface area contributed by atoms with E-state index in [1.54, 1.807) is 13.1 Å². The fourth-order valence-electron chi connectivity index (χ4n) is 5.59. The number of hydrogen-bond acceptors (Lipinski definition) is 4. The Morgan fingerprint density at radius 3 is 2.44 bits per heavy atom. The van der Waals surface area contributed by atoms with E-state index in [-0.39, 0.29) is 28.4 Å². The van der Waals surface area contributed by atoms with Crippen LogP contribution < -0.4 is 10.3 Å². The number of aromatic nitrogens is 1. The van der Waals surface area contributed by atoms with Crippen LogP contribution in [0.3, 0.4) is 0 Å². The Bertz CT molecular complexity index is 1150. The second kappa shape index (κ2) is 11.3. The number of benzene rings is 1. The third-order valence-corrected chi connectivity index (χ3v) is 8.06. The smallest absolute Gasteiger partial charge is 0.263 e. The Hall–Kier alpha value is -3.09. The van der Waals surface area contributed by atoms with Crippen molar-refractivity contribution in [3.05, 3.63) is 63.6 Å². The van der Waals surface area contributed by atoms with Crippen molar-refractivity contribution in [1.29, 1.82) is 0 Å². The van der Waals surface area contributed by atoms with Gasteiger partial charge in [-0.25, -0.2) is 0 Å². The minimum Gasteiger partial charge on any atom is -0.493 e. The lowest BCUT2D eigenvalue weighted by atomic mass is 9.73. The average Bonchev–Trinajstić information content (AvgIpc) is 2.88. The van der Waals surface area contributed by atoms with Gasteiger partial charge in [0, 0.05) is 45.8 Å². The van der Waals surface area contributed by atoms with Crippen LogP contribution in [0.4, 0.5) is 0 Å². The summed E-state index contributed by atoms with van der Waals surface area (Å²) in [5, 5.41) is 0. The molecule has 2 aliphatic rings. The topological polar surface area (TPSA) is 71.8 Å². The Morgan fingerprint density at radius 2 is 1.67 bits per heavy atom. The van der Waals surface area contributed by atoms with E-state index in [1.165, 1.54) is 10.1 Å². The number of fused-ring (bicyclic) bond motifs is 1. The summed E-state index contributed by atoms with van der Waals surface area (Å²) in [7, 11) is 3.60. The summed E-state index contributed by atoms with van der Waals surface area (Å²) >= 11 is 0. The maximum Gasteiger partial charge on any atom is 0.263 e. The van der Waals surface area contributed by atoms with Gasteiger partial charge in [0.2, 0.25) is 5.91 Å². The van der Waals surface area contributed by atoms with Crippen molar-refractivity contribution in [3.63, 3.8) is 0 Å². The highest BCUT2D eigenvalue weighted by Gasteiger charge is 2.38. The van der Waals surface area contributed by atoms with Crippen LogP contribution in [-0.4, -0.2) is 59.5 Å². The molecule has 1 fully saturated rings. The van der Waals surface area contributed by atoms with E-state index in [4.69, 9.17) is 4.74 Å². The number of aryl methyl sites for hydroxylation is 2. The lowest BCUT2D eigenvalue weighted by Crippen LogP contribution is -2.49. The molecule has 0 atom stereocenters. The van der Waals surface area contributed by atoms with Gasteiger partial charge < -0.3 is 19.1 Å². The summed E-state index contributed by atoms with van der Waals surface area (Å²) in [4.78, 5) is 42.4. The third kappa shape index (κ3) is 5.82. The predicted octanol–water partition coefficient (Wildman–Crippen LogP) is 3.96. The molecule has 7 heteroatoms. The van der Waals surface area contributed by atoms with Crippen LogP contribution in [0, 0.1) is 12.3 Å². The maximum absolute atomic E-state index is 13.2. The molecular formula is C29H39N3O4. The van der Waals surface area contributed by atoms with Gasteiger partial charge >= 0.3 is 0 Å². The Balaban J connectivity index is 1.47. The van der Waals surface area contributed by atoms with Crippen molar-refractivity contribution in [2.24, 2.45) is 12.5 Å². The predicted molar refractivity (Wildman–Crippen MR) is 140 cm³/mol. The van der Waals surface area contributed by atoms with Gasteiger partial charge in [-0.05, 0) is 74.6 Å². The highest BCUT2D eigenvalue weighted by molar-refractivity contribution is 5.94. The van der Waals surface area contributed by atoms with E-state index in [0.717, 1.165) is 50.0 Å². The zero-order valence-electron chi connectivity index (χ0n) is 21.9. The highest BCUT2D eigenvalue weighted by atomic mass is 16.5. The SMILES string of the molecule is Cc1ccc(C(=O)N2CCC3(CCCCc4ccccc4OCCCC(=O)N(C)C3)CC2)c(=O)n1C. The highest BCUT2D eigenvalue weighted by Crippen LogP contribution is 2.38. The summed E-state index contributed by atoms with van der Waals surface area (Å²) in [6.07, 6.45) is 6.94. The number of nitrogens with zero attached hydrogens (tertiary/aromatic N) is 3. The molecule has 0 saturated carbocycles. The molecule has 3 heterocycles. The Kier molecular flexibility index (Phi) is 8.17. The van der Waals surface area contributed by atoms with Crippen molar-refractivity contribution < 1.29 is 14.3 Å². The molecular weight excluding hydrogens is 454 g/mol. The van der Waals surface area contributed by atoms with E-state index < -0.39 is 0 Å². The minimum absolute atomic E-state index is 0.0143. The molecule has 0 aliphatic carbocycles. The van der Waals surface area contributed by atoms with E-state index in [9.17, 15) is 14.4 Å². The molecule has 36 heavy (non-hydrogen) atoms. The van der Waals surface area contributed by atoms with Crippen LogP contribution in [0.1, 0.15) is 66.6 Å². The minimum atomic E-state index is -0.243. The van der Waals surface area contributed by atoms with Crippen LogP contribution in [0.15, 0.2) is 41.2 Å². The van der Waals surface area contributed by atoms with Gasteiger partial charge in [0.05, 0.1) is 6.61 Å². The van der Waals surface area contributed by atoms with Crippen molar-refractivity contribution >= 4 is 11.8 Å². The molecule has 0 N–H and O–H groups in total. The molecule has 4 rings (SSSR count). The van der Waals surface area contributed by atoms with Crippen LogP contribution in [0.2, 0.25) is 0 Å². The first-order valence-electron chi connectivity index (χ1n) is 13.2. The molecule has 0 bridgehead atoms. The second-order valence-electron chi connectivity index (χ2n) is 10.6. The lowest BCUT2D eigenvalue weighted by Gasteiger charge is -2.44. The molecule has 1 saturated heterocycles. The molecule has 0 radical (unpaired) electrons. The first-order chi connectivity index (χ1) is 17.3. The van der Waals surface area contributed by atoms with Gasteiger partial charge in [-0.1, -0.05) is 24.6 Å². The molecule has 0 unspecified atom stereocenters. The monoisotopic (exact) mass is 493 g/mol. The van der Waals surface area contributed by atoms with Gasteiger partial charge in [-0.15, -0.1) is 0 Å². The molecule has 2 aliphatic heterocycles. The van der Waals surface area contributed by atoms with Crippen molar-refractivity contribution in [2.45, 2.75) is 58.3 Å². The van der Waals surface area contributed by atoms with E-state index in [0.29, 0.717) is 39.1 Å². The van der Waals surface area contributed by atoms with E-state index >= 15 is 0 Å². The molecule has 1 aromatic heterocycles. The van der Waals surface area contributed by atoms with Crippen molar-refractivity contribution in [1.82, 2.24) is 14.4 Å². The molecule has 1 aromatic carbocycles. The summed E-state index contributed by atoms with van der Waals surface area (Å²) < 4.78 is 7.51. The molecule has 7 nitrogen and oxygen atoms in total. The number of pyridine rings is 1. The summed E-state index contributed by atoms with van der Waals surface area (Å²) in [5.74, 6) is 0.886. The molecule has 194 valence electrons. The fourth-order valence-corrected chi connectivity index (χ4v) is 5.59. The Labute approximate surface area is 214 Å². The van der Waals surface area contributed by atoms with E-state index in [2.05, 4.69) is 12.1 Å². The fraction of sp³-hybridized carbons (Fsp3) is 0.552. The van der Waals surface area contributed by atoms with Gasteiger partial charge in [0.25, 0.3) is 11.5 Å². The summed E-state index contributed by atoms with van der Waals surface area (Å²) in [5.41, 5.74) is 2.04. The van der Waals surface area contributed by atoms with Gasteiger partial charge in [0.15, 0.2) is 0 Å². The van der Waals surface area contributed by atoms with Gasteiger partial charge in [-0.3, -0.25) is 14.4 Å². The lowest BCUT2D eigenvalue weighted by molar-refractivity contribution is -0.132. The number of carbonyl (C=O) groups excluding carboxylic acids is 2. The zero-order chi connectivity index (χ0) is 25.7. The number of ether oxygens (including phenoxy) is 1. The summed E-state index contributed by atoms with van der Waals surface area (Å²) in [6, 6.07) is 11.7. The van der Waals surface area contributed by atoms with Crippen LogP contribution in [0.5, 0.6) is 5.75 Å². The molecule has 2 amide bonds. The van der Waals surface area contributed by atoms with Crippen molar-refractivity contribution in [3.8, 4) is 5.75 Å². The molecule has 1 spiro atoms. The number of carbonyl (C=O) groups is 2. The summed E-state index contributed by atoms with van der Waals surface area (Å²) in [6.45, 7) is 4.31. The molecule has 2 aromatic rings. The normalized spacial score (nSPS) is 19.4. The van der Waals surface area contributed by atoms with Crippen molar-refractivity contribution in [2.75, 3.05) is 33.3 Å². The standard InChI is InChI=1S/C29H39N3O4/c1-22-13-14-24(27(34)31(22)3)28(35)32-18-16-29(17-19-32)15-7-6-10-23-9-4-5-11-25(23)36-20-8-12-26(33)30(2)21-29/h4-5,9,11,13-14H,6-8,10,12,15-21H2,1-3H3. The quantitative estimate of drug-likeness (QED) is 0.603. The average molecular weight is 494 g/mol. The van der Waals surface area contributed by atoms with Gasteiger partial charge in [-0.2, -0.15) is 0 Å². The maximum atomic E-state index is 13.2. The number of rotatable bonds is 1. The number of piperidine rings is 1. The van der Waals surface area contributed by atoms with Gasteiger partial charge in [0.1, 0.15) is 11.3 Å². The first kappa shape index (κ1) is 26.0. The van der Waals surface area contributed by atoms with Crippen LogP contribution in [-0.2, 0) is 18.3 Å².